The number of nitrogens with one attached hydrogen (secondary N) is 2. The quantitative estimate of drug-likeness (QED) is 0.739. The van der Waals surface area contributed by atoms with Crippen LogP contribution in [-0.2, 0) is 9.59 Å². The first kappa shape index (κ1) is 16.0. The Morgan fingerprint density at radius 3 is 2.60 bits per heavy atom. The first-order chi connectivity index (χ1) is 9.47. The van der Waals surface area contributed by atoms with Gasteiger partial charge in [0.25, 0.3) is 0 Å². The third-order valence-corrected chi connectivity index (χ3v) is 2.72. The Labute approximate surface area is 118 Å². The molecule has 6 heteroatoms. The minimum absolute atomic E-state index is 0.190. The average molecular weight is 279 g/mol. The SMILES string of the molecule is CCC[C@H](N)C(=O)Nc1ccc(NC(C)=O)c(OC)c1. The van der Waals surface area contributed by atoms with Gasteiger partial charge in [-0.05, 0) is 18.6 Å². The van der Waals surface area contributed by atoms with Gasteiger partial charge in [0.15, 0.2) is 0 Å². The van der Waals surface area contributed by atoms with Gasteiger partial charge in [-0.1, -0.05) is 13.3 Å². The molecule has 20 heavy (non-hydrogen) atoms. The van der Waals surface area contributed by atoms with Crippen molar-refractivity contribution >= 4 is 23.2 Å². The van der Waals surface area contributed by atoms with E-state index in [1.165, 1.54) is 14.0 Å². The van der Waals surface area contributed by atoms with Gasteiger partial charge >= 0.3 is 0 Å². The topological polar surface area (TPSA) is 93.5 Å². The van der Waals surface area contributed by atoms with Crippen LogP contribution in [0, 0.1) is 0 Å². The number of carbonyl (C=O) groups is 2. The van der Waals surface area contributed by atoms with Crippen LogP contribution in [0.15, 0.2) is 18.2 Å². The molecule has 110 valence electrons. The summed E-state index contributed by atoms with van der Waals surface area (Å²) >= 11 is 0. The van der Waals surface area contributed by atoms with Gasteiger partial charge < -0.3 is 21.1 Å². The van der Waals surface area contributed by atoms with Gasteiger partial charge in [-0.15, -0.1) is 0 Å². The van der Waals surface area contributed by atoms with Crippen molar-refractivity contribution in [3.8, 4) is 5.75 Å². The molecule has 0 bridgehead atoms. The minimum Gasteiger partial charge on any atom is -0.494 e. The Morgan fingerprint density at radius 1 is 1.35 bits per heavy atom. The zero-order valence-corrected chi connectivity index (χ0v) is 12.0. The first-order valence-corrected chi connectivity index (χ1v) is 6.50. The Balaban J connectivity index is 2.82. The summed E-state index contributed by atoms with van der Waals surface area (Å²) in [4.78, 5) is 22.9. The predicted octanol–water partition coefficient (Wildman–Crippen LogP) is 1.72. The van der Waals surface area contributed by atoms with Crippen molar-refractivity contribution in [2.24, 2.45) is 5.73 Å². The standard InChI is InChI=1S/C14H21N3O3/c1-4-5-11(15)14(19)17-10-6-7-12(16-9(2)18)13(8-10)20-3/h6-8,11H,4-5,15H2,1-3H3,(H,16,18)(H,17,19)/t11-/m0/s1. The lowest BCUT2D eigenvalue weighted by Crippen LogP contribution is -2.35. The molecular weight excluding hydrogens is 258 g/mol. The van der Waals surface area contributed by atoms with E-state index in [1.807, 2.05) is 6.92 Å². The second-order valence-electron chi connectivity index (χ2n) is 4.48. The fourth-order valence-electron chi connectivity index (χ4n) is 1.74. The molecule has 0 radical (unpaired) electrons. The smallest absolute Gasteiger partial charge is 0.241 e. The van der Waals surface area contributed by atoms with Crippen LogP contribution in [0.1, 0.15) is 26.7 Å². The van der Waals surface area contributed by atoms with Crippen molar-refractivity contribution in [2.45, 2.75) is 32.7 Å². The van der Waals surface area contributed by atoms with Crippen LogP contribution >= 0.6 is 0 Å². The molecule has 0 aliphatic carbocycles. The minimum atomic E-state index is -0.527. The fourth-order valence-corrected chi connectivity index (χ4v) is 1.74. The number of carbonyl (C=O) groups excluding carboxylic acids is 2. The summed E-state index contributed by atoms with van der Waals surface area (Å²) in [5.41, 5.74) is 6.87. The largest absolute Gasteiger partial charge is 0.494 e. The Bertz CT molecular complexity index is 489. The lowest BCUT2D eigenvalue weighted by Gasteiger charge is -2.14. The van der Waals surface area contributed by atoms with Crippen LogP contribution in [0.2, 0.25) is 0 Å². The maximum Gasteiger partial charge on any atom is 0.241 e. The number of anilines is 2. The highest BCUT2D eigenvalue weighted by molar-refractivity contribution is 5.96. The molecule has 2 amide bonds. The number of benzene rings is 1. The molecule has 0 saturated heterocycles. The zero-order valence-electron chi connectivity index (χ0n) is 12.0. The molecule has 1 aromatic rings. The molecule has 0 aliphatic rings. The van der Waals surface area contributed by atoms with Crippen LogP contribution in [0.3, 0.4) is 0 Å². The predicted molar refractivity (Wildman–Crippen MR) is 78.8 cm³/mol. The van der Waals surface area contributed by atoms with Gasteiger partial charge in [0.05, 0.1) is 18.8 Å². The van der Waals surface area contributed by atoms with E-state index in [0.29, 0.717) is 23.5 Å². The lowest BCUT2D eigenvalue weighted by atomic mass is 10.1. The van der Waals surface area contributed by atoms with Gasteiger partial charge in [0.2, 0.25) is 11.8 Å². The summed E-state index contributed by atoms with van der Waals surface area (Å²) in [7, 11) is 1.50. The normalized spacial score (nSPS) is 11.6. The lowest BCUT2D eigenvalue weighted by molar-refractivity contribution is -0.117. The van der Waals surface area contributed by atoms with Gasteiger partial charge in [-0.25, -0.2) is 0 Å². The number of nitrogens with two attached hydrogens (primary N) is 1. The molecule has 1 aromatic carbocycles. The van der Waals surface area contributed by atoms with Crippen molar-refractivity contribution in [2.75, 3.05) is 17.7 Å². The van der Waals surface area contributed by atoms with E-state index in [1.54, 1.807) is 18.2 Å². The molecule has 4 N–H and O–H groups in total. The average Bonchev–Trinajstić information content (AvgIpc) is 2.40. The second-order valence-corrected chi connectivity index (χ2v) is 4.48. The van der Waals surface area contributed by atoms with Gasteiger partial charge in [0, 0.05) is 18.7 Å². The number of ether oxygens (including phenoxy) is 1. The summed E-state index contributed by atoms with van der Waals surface area (Å²) in [6, 6.07) is 4.47. The van der Waals surface area contributed by atoms with Crippen LogP contribution in [0.25, 0.3) is 0 Å². The van der Waals surface area contributed by atoms with E-state index < -0.39 is 6.04 Å². The molecule has 0 spiro atoms. The zero-order chi connectivity index (χ0) is 15.1. The molecule has 1 atom stereocenters. The van der Waals surface area contributed by atoms with Gasteiger partial charge in [0.1, 0.15) is 5.75 Å². The van der Waals surface area contributed by atoms with Crippen molar-refractivity contribution < 1.29 is 14.3 Å². The molecule has 0 saturated carbocycles. The van der Waals surface area contributed by atoms with Crippen molar-refractivity contribution in [3.63, 3.8) is 0 Å². The van der Waals surface area contributed by atoms with Crippen molar-refractivity contribution in [1.82, 2.24) is 0 Å². The number of methoxy groups -OCH3 is 1. The highest BCUT2D eigenvalue weighted by atomic mass is 16.5. The summed E-state index contributed by atoms with van der Waals surface area (Å²) in [6.07, 6.45) is 1.48. The Kier molecular flexibility index (Phi) is 5.99. The van der Waals surface area contributed by atoms with Gasteiger partial charge in [-0.2, -0.15) is 0 Å². The number of amides is 2. The van der Waals surface area contributed by atoms with E-state index >= 15 is 0 Å². The molecular formula is C14H21N3O3. The van der Waals surface area contributed by atoms with Crippen LogP contribution < -0.4 is 21.1 Å². The Hall–Kier alpha value is -2.08. The molecule has 0 fully saturated rings. The Morgan fingerprint density at radius 2 is 2.05 bits per heavy atom. The molecule has 0 aromatic heterocycles. The molecule has 6 nitrogen and oxygen atoms in total. The van der Waals surface area contributed by atoms with Gasteiger partial charge in [-0.3, -0.25) is 9.59 Å². The maximum atomic E-state index is 11.8. The van der Waals surface area contributed by atoms with E-state index in [2.05, 4.69) is 10.6 Å². The summed E-state index contributed by atoms with van der Waals surface area (Å²) < 4.78 is 5.18. The van der Waals surface area contributed by atoms with Crippen molar-refractivity contribution in [1.29, 1.82) is 0 Å². The molecule has 0 aliphatic heterocycles. The third kappa shape index (κ3) is 4.55. The second kappa shape index (κ2) is 7.49. The highest BCUT2D eigenvalue weighted by Crippen LogP contribution is 2.28. The van der Waals surface area contributed by atoms with E-state index in [0.717, 1.165) is 6.42 Å². The number of rotatable bonds is 6. The van der Waals surface area contributed by atoms with Crippen LogP contribution in [0.4, 0.5) is 11.4 Å². The number of hydrogen-bond acceptors (Lipinski definition) is 4. The fraction of sp³-hybridized carbons (Fsp3) is 0.429. The monoisotopic (exact) mass is 279 g/mol. The summed E-state index contributed by atoms with van der Waals surface area (Å²) in [5.74, 6) is 0.0493. The molecule has 0 heterocycles. The van der Waals surface area contributed by atoms with Crippen molar-refractivity contribution in [3.05, 3.63) is 18.2 Å². The molecule has 1 rings (SSSR count). The third-order valence-electron chi connectivity index (χ3n) is 2.72. The summed E-state index contributed by atoms with van der Waals surface area (Å²) in [5, 5.41) is 5.37. The maximum absolute atomic E-state index is 11.8. The number of hydrogen-bond donors (Lipinski definition) is 3. The molecule has 0 unspecified atom stereocenters. The first-order valence-electron chi connectivity index (χ1n) is 6.50. The van der Waals surface area contributed by atoms with E-state index in [-0.39, 0.29) is 11.8 Å². The van der Waals surface area contributed by atoms with Crippen LogP contribution in [0.5, 0.6) is 5.75 Å². The van der Waals surface area contributed by atoms with E-state index in [9.17, 15) is 9.59 Å². The van der Waals surface area contributed by atoms with E-state index in [4.69, 9.17) is 10.5 Å². The summed E-state index contributed by atoms with van der Waals surface area (Å²) in [6.45, 7) is 3.39. The van der Waals surface area contributed by atoms with Crippen LogP contribution in [-0.4, -0.2) is 25.0 Å². The highest BCUT2D eigenvalue weighted by Gasteiger charge is 2.13.